The minimum atomic E-state index is -0.325. The fourth-order valence-electron chi connectivity index (χ4n) is 2.30. The van der Waals surface area contributed by atoms with Gasteiger partial charge in [0, 0.05) is 0 Å². The zero-order chi connectivity index (χ0) is 13.4. The highest BCUT2D eigenvalue weighted by Gasteiger charge is 2.23. The van der Waals surface area contributed by atoms with Crippen LogP contribution in [0.3, 0.4) is 0 Å². The summed E-state index contributed by atoms with van der Waals surface area (Å²) in [5, 5.41) is 3.17. The Morgan fingerprint density at radius 1 is 1.33 bits per heavy atom. The van der Waals surface area contributed by atoms with Gasteiger partial charge in [-0.25, -0.2) is 0 Å². The third-order valence-corrected chi connectivity index (χ3v) is 3.59. The highest BCUT2D eigenvalue weighted by molar-refractivity contribution is 5.75. The molecule has 18 heavy (non-hydrogen) atoms. The number of hydrogen-bond acceptors (Lipinski definition) is 4. The zero-order valence-corrected chi connectivity index (χ0v) is 11.9. The molecule has 4 heteroatoms. The molecule has 0 amide bonds. The summed E-state index contributed by atoms with van der Waals surface area (Å²) in [6.07, 6.45) is 6.00. The van der Waals surface area contributed by atoms with Crippen molar-refractivity contribution in [2.75, 3.05) is 20.3 Å². The standard InChI is InChI=1S/C14H27NO3/c1-4-9-15-13(14(16)17-3)10-18-12-7-5-11(2)6-8-12/h11-13,15H,4-10H2,1-3H3. The van der Waals surface area contributed by atoms with Gasteiger partial charge >= 0.3 is 5.97 Å². The lowest BCUT2D eigenvalue weighted by atomic mass is 9.89. The van der Waals surface area contributed by atoms with Crippen LogP contribution in [0.2, 0.25) is 0 Å². The largest absolute Gasteiger partial charge is 0.468 e. The number of hydrogen-bond donors (Lipinski definition) is 1. The molecule has 0 aromatic heterocycles. The minimum Gasteiger partial charge on any atom is -0.468 e. The van der Waals surface area contributed by atoms with Crippen molar-refractivity contribution >= 4 is 5.97 Å². The molecule has 0 spiro atoms. The second kappa shape index (κ2) is 8.48. The van der Waals surface area contributed by atoms with Crippen LogP contribution in [0.4, 0.5) is 0 Å². The van der Waals surface area contributed by atoms with Gasteiger partial charge in [-0.3, -0.25) is 4.79 Å². The zero-order valence-electron chi connectivity index (χ0n) is 11.9. The number of carbonyl (C=O) groups is 1. The maximum absolute atomic E-state index is 11.6. The summed E-state index contributed by atoms with van der Waals surface area (Å²) in [7, 11) is 1.42. The van der Waals surface area contributed by atoms with Gasteiger partial charge in [0.25, 0.3) is 0 Å². The van der Waals surface area contributed by atoms with Crippen molar-refractivity contribution in [1.29, 1.82) is 0 Å². The van der Waals surface area contributed by atoms with E-state index in [1.165, 1.54) is 20.0 Å². The molecule has 1 atom stereocenters. The van der Waals surface area contributed by atoms with Crippen LogP contribution in [0, 0.1) is 5.92 Å². The molecule has 1 unspecified atom stereocenters. The van der Waals surface area contributed by atoms with E-state index >= 15 is 0 Å². The van der Waals surface area contributed by atoms with Crippen molar-refractivity contribution < 1.29 is 14.3 Å². The van der Waals surface area contributed by atoms with Crippen LogP contribution in [-0.2, 0) is 14.3 Å². The molecule has 0 bridgehead atoms. The second-order valence-electron chi connectivity index (χ2n) is 5.25. The molecule has 0 radical (unpaired) electrons. The Kier molecular flexibility index (Phi) is 7.28. The molecule has 4 nitrogen and oxygen atoms in total. The van der Waals surface area contributed by atoms with Crippen LogP contribution in [0.15, 0.2) is 0 Å². The number of esters is 1. The SMILES string of the molecule is CCCNC(COC1CCC(C)CC1)C(=O)OC. The molecule has 0 aromatic carbocycles. The fourth-order valence-corrected chi connectivity index (χ4v) is 2.30. The van der Waals surface area contributed by atoms with Crippen molar-refractivity contribution in [3.63, 3.8) is 0 Å². The maximum Gasteiger partial charge on any atom is 0.325 e. The maximum atomic E-state index is 11.6. The van der Waals surface area contributed by atoms with Crippen LogP contribution in [0.25, 0.3) is 0 Å². The quantitative estimate of drug-likeness (QED) is 0.710. The van der Waals surface area contributed by atoms with Crippen molar-refractivity contribution in [3.05, 3.63) is 0 Å². The molecule has 1 rings (SSSR count). The van der Waals surface area contributed by atoms with Gasteiger partial charge in [-0.15, -0.1) is 0 Å². The first-order valence-electron chi connectivity index (χ1n) is 7.10. The van der Waals surface area contributed by atoms with Crippen LogP contribution < -0.4 is 5.32 Å². The summed E-state index contributed by atoms with van der Waals surface area (Å²) in [5.74, 6) is 0.590. The van der Waals surface area contributed by atoms with Gasteiger partial charge in [0.15, 0.2) is 0 Å². The van der Waals surface area contributed by atoms with E-state index in [4.69, 9.17) is 9.47 Å². The number of methoxy groups -OCH3 is 1. The van der Waals surface area contributed by atoms with E-state index in [1.54, 1.807) is 0 Å². The molecular weight excluding hydrogens is 230 g/mol. The average Bonchev–Trinajstić information content (AvgIpc) is 2.40. The number of nitrogens with one attached hydrogen (secondary N) is 1. The second-order valence-corrected chi connectivity index (χ2v) is 5.25. The minimum absolute atomic E-state index is 0.229. The third kappa shape index (κ3) is 5.36. The smallest absolute Gasteiger partial charge is 0.325 e. The lowest BCUT2D eigenvalue weighted by molar-refractivity contribution is -0.145. The van der Waals surface area contributed by atoms with Gasteiger partial charge in [-0.05, 0) is 44.6 Å². The summed E-state index contributed by atoms with van der Waals surface area (Å²) in [5.41, 5.74) is 0. The molecule has 1 aliphatic rings. The Balaban J connectivity index is 2.29. The lowest BCUT2D eigenvalue weighted by Gasteiger charge is -2.27. The molecule has 0 aromatic rings. The number of ether oxygens (including phenoxy) is 2. The molecule has 106 valence electrons. The summed E-state index contributed by atoms with van der Waals surface area (Å²) in [4.78, 5) is 11.6. The molecule has 1 saturated carbocycles. The fraction of sp³-hybridized carbons (Fsp3) is 0.929. The molecule has 0 heterocycles. The summed E-state index contributed by atoms with van der Waals surface area (Å²) in [6, 6.07) is -0.325. The average molecular weight is 257 g/mol. The van der Waals surface area contributed by atoms with E-state index in [0.29, 0.717) is 12.7 Å². The summed E-state index contributed by atoms with van der Waals surface area (Å²) < 4.78 is 10.6. The Labute approximate surface area is 110 Å². The van der Waals surface area contributed by atoms with E-state index in [2.05, 4.69) is 19.2 Å². The Bertz CT molecular complexity index is 237. The van der Waals surface area contributed by atoms with Crippen molar-refractivity contribution in [1.82, 2.24) is 5.32 Å². The first-order valence-corrected chi connectivity index (χ1v) is 7.10. The Morgan fingerprint density at radius 3 is 2.56 bits per heavy atom. The monoisotopic (exact) mass is 257 g/mol. The normalized spacial score (nSPS) is 25.7. The predicted molar refractivity (Wildman–Crippen MR) is 71.5 cm³/mol. The van der Waals surface area contributed by atoms with Crippen molar-refractivity contribution in [3.8, 4) is 0 Å². The number of rotatable bonds is 7. The highest BCUT2D eigenvalue weighted by atomic mass is 16.5. The van der Waals surface area contributed by atoms with Gasteiger partial charge in [-0.2, -0.15) is 0 Å². The Morgan fingerprint density at radius 2 is 2.00 bits per heavy atom. The summed E-state index contributed by atoms with van der Waals surface area (Å²) >= 11 is 0. The van der Waals surface area contributed by atoms with Gasteiger partial charge in [0.05, 0.1) is 19.8 Å². The van der Waals surface area contributed by atoms with E-state index in [0.717, 1.165) is 31.7 Å². The van der Waals surface area contributed by atoms with Crippen LogP contribution in [-0.4, -0.2) is 38.4 Å². The van der Waals surface area contributed by atoms with Gasteiger partial charge < -0.3 is 14.8 Å². The molecule has 0 aliphatic heterocycles. The van der Waals surface area contributed by atoms with Crippen LogP contribution >= 0.6 is 0 Å². The first-order chi connectivity index (χ1) is 8.67. The van der Waals surface area contributed by atoms with Gasteiger partial charge in [-0.1, -0.05) is 13.8 Å². The molecule has 1 N–H and O–H groups in total. The third-order valence-electron chi connectivity index (χ3n) is 3.59. The molecule has 1 aliphatic carbocycles. The molecule has 0 saturated heterocycles. The Hall–Kier alpha value is -0.610. The topological polar surface area (TPSA) is 47.6 Å². The summed E-state index contributed by atoms with van der Waals surface area (Å²) in [6.45, 7) is 5.59. The van der Waals surface area contributed by atoms with Crippen LogP contribution in [0.1, 0.15) is 46.0 Å². The van der Waals surface area contributed by atoms with E-state index in [1.807, 2.05) is 0 Å². The molecular formula is C14H27NO3. The molecule has 1 fully saturated rings. The van der Waals surface area contributed by atoms with Crippen molar-refractivity contribution in [2.45, 2.75) is 58.1 Å². The van der Waals surface area contributed by atoms with Gasteiger partial charge in [0.1, 0.15) is 6.04 Å². The first kappa shape index (κ1) is 15.4. The number of carbonyl (C=O) groups excluding carboxylic acids is 1. The van der Waals surface area contributed by atoms with Gasteiger partial charge in [0.2, 0.25) is 0 Å². The van der Waals surface area contributed by atoms with Crippen molar-refractivity contribution in [2.24, 2.45) is 5.92 Å². The predicted octanol–water partition coefficient (Wildman–Crippen LogP) is 2.12. The van der Waals surface area contributed by atoms with E-state index in [9.17, 15) is 4.79 Å². The van der Waals surface area contributed by atoms with Crippen LogP contribution in [0.5, 0.6) is 0 Å². The highest BCUT2D eigenvalue weighted by Crippen LogP contribution is 2.25. The van der Waals surface area contributed by atoms with E-state index in [-0.39, 0.29) is 12.0 Å². The van der Waals surface area contributed by atoms with E-state index < -0.39 is 0 Å². The lowest BCUT2D eigenvalue weighted by Crippen LogP contribution is -2.43.